The van der Waals surface area contributed by atoms with Crippen molar-refractivity contribution in [3.05, 3.63) is 27.6 Å². The molecule has 1 amide bonds. The van der Waals surface area contributed by atoms with Gasteiger partial charge in [0.15, 0.2) is 0 Å². The zero-order valence-electron chi connectivity index (χ0n) is 10.4. The predicted octanol–water partition coefficient (Wildman–Crippen LogP) is 3.23. The third-order valence-corrected chi connectivity index (χ3v) is 4.21. The van der Waals surface area contributed by atoms with Crippen LogP contribution in [0.3, 0.4) is 0 Å². The number of hydrogen-bond donors (Lipinski definition) is 2. The third kappa shape index (κ3) is 2.29. The second-order valence-corrected chi connectivity index (χ2v) is 6.32. The third-order valence-electron chi connectivity index (χ3n) is 3.53. The van der Waals surface area contributed by atoms with Gasteiger partial charge in [-0.05, 0) is 53.1 Å². The average molecular weight is 371 g/mol. The molecule has 2 N–H and O–H groups in total. The van der Waals surface area contributed by atoms with Gasteiger partial charge in [-0.3, -0.25) is 4.90 Å². The lowest BCUT2D eigenvalue weighted by atomic mass is 10.1. The number of nitrogens with zero attached hydrogens (tertiary/aromatic N) is 2. The molecule has 1 saturated heterocycles. The van der Waals surface area contributed by atoms with E-state index >= 15 is 0 Å². The molecule has 2 atom stereocenters. The van der Waals surface area contributed by atoms with Gasteiger partial charge in [0.2, 0.25) is 0 Å². The monoisotopic (exact) mass is 371 g/mol. The van der Waals surface area contributed by atoms with Gasteiger partial charge in [-0.2, -0.15) is 0 Å². The zero-order valence-corrected chi connectivity index (χ0v) is 12.6. The van der Waals surface area contributed by atoms with Gasteiger partial charge in [0.25, 0.3) is 0 Å². The summed E-state index contributed by atoms with van der Waals surface area (Å²) in [7, 11) is 0. The van der Waals surface area contributed by atoms with Crippen molar-refractivity contribution >= 4 is 39.7 Å². The first-order chi connectivity index (χ1) is 9.04. The van der Waals surface area contributed by atoms with Gasteiger partial charge in [0.05, 0.1) is 17.1 Å². The van der Waals surface area contributed by atoms with Crippen LogP contribution in [0.1, 0.15) is 25.2 Å². The molecule has 3 rings (SSSR count). The van der Waals surface area contributed by atoms with Crippen LogP contribution < -0.4 is 0 Å². The summed E-state index contributed by atoms with van der Waals surface area (Å²) in [5.74, 6) is 1.12. The van der Waals surface area contributed by atoms with Crippen molar-refractivity contribution in [2.24, 2.45) is 5.92 Å². The largest absolute Gasteiger partial charge is 0.465 e. The Labute approximate surface area is 124 Å². The molecular weight excluding hydrogens is 357 g/mol. The summed E-state index contributed by atoms with van der Waals surface area (Å²) in [6.45, 7) is 2.65. The van der Waals surface area contributed by atoms with Crippen molar-refractivity contribution in [2.45, 2.75) is 19.4 Å². The molecule has 1 aromatic carbocycles. The number of carboxylic acid groups (broad SMARTS) is 1. The Balaban J connectivity index is 2.01. The molecule has 0 radical (unpaired) electrons. The van der Waals surface area contributed by atoms with Gasteiger partial charge < -0.3 is 10.1 Å². The Kier molecular flexibility index (Phi) is 3.12. The lowest BCUT2D eigenvalue weighted by Gasteiger charge is -2.19. The highest BCUT2D eigenvalue weighted by molar-refractivity contribution is 14.1. The number of likely N-dealkylation sites (tertiary alicyclic amines) is 1. The Morgan fingerprint density at radius 1 is 1.58 bits per heavy atom. The molecule has 5 nitrogen and oxygen atoms in total. The van der Waals surface area contributed by atoms with Crippen molar-refractivity contribution in [1.29, 1.82) is 0 Å². The summed E-state index contributed by atoms with van der Waals surface area (Å²) in [6.07, 6.45) is -0.0483. The zero-order chi connectivity index (χ0) is 13.6. The number of aromatic nitrogens is 2. The van der Waals surface area contributed by atoms with Gasteiger partial charge in [0, 0.05) is 10.1 Å². The first-order valence-corrected chi connectivity index (χ1v) is 7.27. The molecule has 1 aromatic heterocycles. The number of aromatic amines is 1. The van der Waals surface area contributed by atoms with E-state index < -0.39 is 6.09 Å². The smallest absolute Gasteiger partial charge is 0.407 e. The number of carbonyl (C=O) groups is 1. The molecule has 2 unspecified atom stereocenters. The van der Waals surface area contributed by atoms with E-state index in [4.69, 9.17) is 0 Å². The van der Waals surface area contributed by atoms with Gasteiger partial charge in [-0.25, -0.2) is 9.78 Å². The molecule has 1 aliphatic rings. The number of H-pyrrole nitrogens is 1. The molecule has 19 heavy (non-hydrogen) atoms. The quantitative estimate of drug-likeness (QED) is 0.757. The number of rotatable bonds is 1. The van der Waals surface area contributed by atoms with Crippen molar-refractivity contribution in [2.75, 3.05) is 6.54 Å². The summed E-state index contributed by atoms with van der Waals surface area (Å²) in [5, 5.41) is 9.26. The number of hydrogen-bond acceptors (Lipinski definition) is 2. The molecule has 2 heterocycles. The molecule has 0 saturated carbocycles. The standard InChI is InChI=1S/C13H14IN3O2/c1-7-4-11(17(6-7)13(18)19)12-15-9-3-2-8(14)5-10(9)16-12/h2-3,5,7,11H,4,6H2,1H3,(H,15,16)(H,18,19). The molecule has 6 heteroatoms. The van der Waals surface area contributed by atoms with E-state index in [0.29, 0.717) is 12.5 Å². The Bertz CT molecular complexity index is 640. The molecule has 0 bridgehead atoms. The number of imidazole rings is 1. The molecular formula is C13H14IN3O2. The van der Waals surface area contributed by atoms with Crippen LogP contribution in [-0.4, -0.2) is 32.6 Å². The first kappa shape index (κ1) is 12.7. The van der Waals surface area contributed by atoms with E-state index in [9.17, 15) is 9.90 Å². The Morgan fingerprint density at radius 3 is 3.11 bits per heavy atom. The van der Waals surface area contributed by atoms with Crippen molar-refractivity contribution in [3.8, 4) is 0 Å². The van der Waals surface area contributed by atoms with Gasteiger partial charge in [-0.15, -0.1) is 0 Å². The van der Waals surface area contributed by atoms with Crippen molar-refractivity contribution in [1.82, 2.24) is 14.9 Å². The van der Waals surface area contributed by atoms with Crippen molar-refractivity contribution in [3.63, 3.8) is 0 Å². The number of benzene rings is 1. The fourth-order valence-corrected chi connectivity index (χ4v) is 3.15. The number of halogens is 1. The molecule has 1 aliphatic heterocycles. The van der Waals surface area contributed by atoms with Crippen molar-refractivity contribution < 1.29 is 9.90 Å². The predicted molar refractivity (Wildman–Crippen MR) is 80.1 cm³/mol. The minimum Gasteiger partial charge on any atom is -0.465 e. The van der Waals surface area contributed by atoms with Crippen LogP contribution in [0.5, 0.6) is 0 Å². The van der Waals surface area contributed by atoms with E-state index in [-0.39, 0.29) is 6.04 Å². The minimum absolute atomic E-state index is 0.155. The summed E-state index contributed by atoms with van der Waals surface area (Å²) in [5.41, 5.74) is 1.85. The van der Waals surface area contributed by atoms with Gasteiger partial charge in [-0.1, -0.05) is 6.92 Å². The van der Waals surface area contributed by atoms with Crippen LogP contribution in [0.2, 0.25) is 0 Å². The summed E-state index contributed by atoms with van der Waals surface area (Å²) in [6, 6.07) is 5.84. The van der Waals surface area contributed by atoms with Crippen LogP contribution in [0.15, 0.2) is 18.2 Å². The lowest BCUT2D eigenvalue weighted by Crippen LogP contribution is -2.29. The van der Waals surface area contributed by atoms with E-state index in [1.807, 2.05) is 18.2 Å². The maximum absolute atomic E-state index is 11.3. The number of amides is 1. The summed E-state index contributed by atoms with van der Waals surface area (Å²) >= 11 is 2.24. The van der Waals surface area contributed by atoms with Gasteiger partial charge in [0.1, 0.15) is 5.82 Å². The molecule has 0 spiro atoms. The fraction of sp³-hybridized carbons (Fsp3) is 0.385. The molecule has 100 valence electrons. The van der Waals surface area contributed by atoms with E-state index in [0.717, 1.165) is 26.8 Å². The highest BCUT2D eigenvalue weighted by Gasteiger charge is 2.35. The van der Waals surface area contributed by atoms with Crippen LogP contribution >= 0.6 is 22.6 Å². The van der Waals surface area contributed by atoms with Crippen LogP contribution in [0.4, 0.5) is 4.79 Å². The summed E-state index contributed by atoms with van der Waals surface area (Å²) < 4.78 is 1.12. The highest BCUT2D eigenvalue weighted by atomic mass is 127. The number of nitrogens with one attached hydrogen (secondary N) is 1. The Morgan fingerprint density at radius 2 is 2.37 bits per heavy atom. The summed E-state index contributed by atoms with van der Waals surface area (Å²) in [4.78, 5) is 20.6. The maximum Gasteiger partial charge on any atom is 0.407 e. The normalized spacial score (nSPS) is 23.2. The Hall–Kier alpha value is -1.31. The van der Waals surface area contributed by atoms with E-state index in [2.05, 4.69) is 39.5 Å². The minimum atomic E-state index is -0.871. The van der Waals surface area contributed by atoms with Crippen LogP contribution in [0, 0.1) is 9.49 Å². The lowest BCUT2D eigenvalue weighted by molar-refractivity contribution is 0.138. The fourth-order valence-electron chi connectivity index (χ4n) is 2.67. The SMILES string of the molecule is CC1CC(c2nc3cc(I)ccc3[nH]2)N(C(=O)O)C1. The first-order valence-electron chi connectivity index (χ1n) is 6.19. The van der Waals surface area contributed by atoms with Crippen LogP contribution in [0.25, 0.3) is 11.0 Å². The van der Waals surface area contributed by atoms with Gasteiger partial charge >= 0.3 is 6.09 Å². The average Bonchev–Trinajstić information content (AvgIpc) is 2.91. The second-order valence-electron chi connectivity index (χ2n) is 5.08. The molecule has 1 fully saturated rings. The van der Waals surface area contributed by atoms with E-state index in [1.54, 1.807) is 0 Å². The number of fused-ring (bicyclic) bond motifs is 1. The highest BCUT2D eigenvalue weighted by Crippen LogP contribution is 2.34. The topological polar surface area (TPSA) is 69.2 Å². The second kappa shape index (κ2) is 4.66. The maximum atomic E-state index is 11.3. The van der Waals surface area contributed by atoms with E-state index in [1.165, 1.54) is 4.90 Å². The van der Waals surface area contributed by atoms with Crippen LogP contribution in [-0.2, 0) is 0 Å². The molecule has 0 aliphatic carbocycles. The molecule has 2 aromatic rings.